The zero-order chi connectivity index (χ0) is 15.0. The van der Waals surface area contributed by atoms with Crippen LogP contribution < -0.4 is 5.32 Å². The zero-order valence-corrected chi connectivity index (χ0v) is 13.7. The van der Waals surface area contributed by atoms with Gasteiger partial charge in [-0.2, -0.15) is 5.10 Å². The molecule has 1 aliphatic rings. The van der Waals surface area contributed by atoms with Crippen molar-refractivity contribution in [2.45, 2.75) is 38.3 Å². The Balaban J connectivity index is 1.82. The Bertz CT molecular complexity index is 651. The van der Waals surface area contributed by atoms with Crippen LogP contribution in [0.4, 0.5) is 0 Å². The first-order valence-corrected chi connectivity index (χ1v) is 8.04. The van der Waals surface area contributed by atoms with Crippen LogP contribution in [0.3, 0.4) is 0 Å². The van der Waals surface area contributed by atoms with Crippen molar-refractivity contribution in [3.05, 3.63) is 51.3 Å². The minimum atomic E-state index is 0.146. The third kappa shape index (κ3) is 2.83. The fraction of sp³-hybridized carbons (Fsp3) is 0.438. The van der Waals surface area contributed by atoms with Crippen LogP contribution in [0.2, 0.25) is 10.0 Å². The average molecular weight is 324 g/mol. The third-order valence-electron chi connectivity index (χ3n) is 4.27. The lowest BCUT2D eigenvalue weighted by Gasteiger charge is -2.28. The standard InChI is InChI=1S/C16H19Cl2N3/c1-10(11-5-3-6-13(17)16(11)18)20-14-7-4-8-15-12(14)9-19-21(15)2/h3,5-6,9-10,14,20H,4,7-8H2,1-2H3. The van der Waals surface area contributed by atoms with E-state index in [0.29, 0.717) is 16.1 Å². The van der Waals surface area contributed by atoms with Gasteiger partial charge in [0.25, 0.3) is 0 Å². The predicted octanol–water partition coefficient (Wildman–Crippen LogP) is 4.46. The van der Waals surface area contributed by atoms with Gasteiger partial charge in [0.05, 0.1) is 16.2 Å². The molecule has 2 unspecified atom stereocenters. The third-order valence-corrected chi connectivity index (χ3v) is 5.11. The van der Waals surface area contributed by atoms with E-state index >= 15 is 0 Å². The molecule has 1 aromatic heterocycles. The van der Waals surface area contributed by atoms with E-state index in [1.807, 2.05) is 36.1 Å². The molecule has 1 aliphatic carbocycles. The van der Waals surface area contributed by atoms with Gasteiger partial charge in [-0.25, -0.2) is 0 Å². The molecule has 5 heteroatoms. The molecule has 0 spiro atoms. The second-order valence-corrected chi connectivity index (χ2v) is 6.43. The summed E-state index contributed by atoms with van der Waals surface area (Å²) in [5.74, 6) is 0. The molecule has 1 aromatic carbocycles. The van der Waals surface area contributed by atoms with Crippen molar-refractivity contribution in [1.29, 1.82) is 0 Å². The van der Waals surface area contributed by atoms with Crippen molar-refractivity contribution in [3.63, 3.8) is 0 Å². The van der Waals surface area contributed by atoms with Gasteiger partial charge >= 0.3 is 0 Å². The molecule has 1 N–H and O–H groups in total. The molecule has 0 saturated carbocycles. The minimum Gasteiger partial charge on any atom is -0.303 e. The van der Waals surface area contributed by atoms with E-state index in [1.165, 1.54) is 17.7 Å². The van der Waals surface area contributed by atoms with E-state index in [2.05, 4.69) is 17.3 Å². The smallest absolute Gasteiger partial charge is 0.0639 e. The number of halogens is 2. The fourth-order valence-corrected chi connectivity index (χ4v) is 3.60. The quantitative estimate of drug-likeness (QED) is 0.904. The van der Waals surface area contributed by atoms with Crippen LogP contribution in [0.1, 0.15) is 48.7 Å². The van der Waals surface area contributed by atoms with Gasteiger partial charge in [-0.15, -0.1) is 0 Å². The molecule has 0 bridgehead atoms. The number of hydrogen-bond acceptors (Lipinski definition) is 2. The van der Waals surface area contributed by atoms with Gasteiger partial charge in [-0.1, -0.05) is 35.3 Å². The lowest BCUT2D eigenvalue weighted by Crippen LogP contribution is -2.28. The Kier molecular flexibility index (Phi) is 4.25. The lowest BCUT2D eigenvalue weighted by molar-refractivity contribution is 0.411. The number of fused-ring (bicyclic) bond motifs is 1. The van der Waals surface area contributed by atoms with Crippen LogP contribution >= 0.6 is 23.2 Å². The number of rotatable bonds is 3. The molecular weight excluding hydrogens is 305 g/mol. The topological polar surface area (TPSA) is 29.9 Å². The summed E-state index contributed by atoms with van der Waals surface area (Å²) < 4.78 is 1.99. The number of benzene rings is 1. The zero-order valence-electron chi connectivity index (χ0n) is 12.2. The summed E-state index contributed by atoms with van der Waals surface area (Å²) >= 11 is 12.4. The van der Waals surface area contributed by atoms with Gasteiger partial charge < -0.3 is 5.32 Å². The van der Waals surface area contributed by atoms with Crippen molar-refractivity contribution >= 4 is 23.2 Å². The van der Waals surface area contributed by atoms with E-state index in [-0.39, 0.29) is 6.04 Å². The van der Waals surface area contributed by atoms with Crippen LogP contribution in [0.15, 0.2) is 24.4 Å². The Morgan fingerprint density at radius 2 is 2.19 bits per heavy atom. The molecule has 3 nitrogen and oxygen atoms in total. The van der Waals surface area contributed by atoms with E-state index in [4.69, 9.17) is 23.2 Å². The van der Waals surface area contributed by atoms with Crippen LogP contribution in [-0.2, 0) is 13.5 Å². The molecule has 112 valence electrons. The van der Waals surface area contributed by atoms with Gasteiger partial charge in [0.2, 0.25) is 0 Å². The highest BCUT2D eigenvalue weighted by Gasteiger charge is 2.25. The maximum Gasteiger partial charge on any atom is 0.0639 e. The van der Waals surface area contributed by atoms with Gasteiger partial charge in [0, 0.05) is 30.4 Å². The Morgan fingerprint density at radius 1 is 1.38 bits per heavy atom. The highest BCUT2D eigenvalue weighted by molar-refractivity contribution is 6.42. The molecule has 2 atom stereocenters. The summed E-state index contributed by atoms with van der Waals surface area (Å²) in [6, 6.07) is 6.26. The molecule has 0 saturated heterocycles. The normalized spacial score (nSPS) is 19.3. The first-order chi connectivity index (χ1) is 10.1. The summed E-state index contributed by atoms with van der Waals surface area (Å²) in [5, 5.41) is 9.31. The number of nitrogens with zero attached hydrogens (tertiary/aromatic N) is 2. The van der Waals surface area contributed by atoms with E-state index in [9.17, 15) is 0 Å². The summed E-state index contributed by atoms with van der Waals surface area (Å²) in [4.78, 5) is 0. The van der Waals surface area contributed by atoms with Gasteiger partial charge in [-0.05, 0) is 37.8 Å². The Morgan fingerprint density at radius 3 is 3.00 bits per heavy atom. The lowest BCUT2D eigenvalue weighted by atomic mass is 9.92. The van der Waals surface area contributed by atoms with Crippen LogP contribution in [0, 0.1) is 0 Å². The number of nitrogens with one attached hydrogen (secondary N) is 1. The largest absolute Gasteiger partial charge is 0.303 e. The van der Waals surface area contributed by atoms with Crippen LogP contribution in [0.5, 0.6) is 0 Å². The summed E-state index contributed by atoms with van der Waals surface area (Å²) in [7, 11) is 2.01. The summed E-state index contributed by atoms with van der Waals surface area (Å²) in [5.41, 5.74) is 3.69. The molecular formula is C16H19Cl2N3. The summed E-state index contributed by atoms with van der Waals surface area (Å²) in [6.07, 6.45) is 5.40. The fourth-order valence-electron chi connectivity index (χ4n) is 3.13. The summed E-state index contributed by atoms with van der Waals surface area (Å²) in [6.45, 7) is 2.13. The molecule has 21 heavy (non-hydrogen) atoms. The molecule has 0 amide bonds. The van der Waals surface area contributed by atoms with E-state index < -0.39 is 0 Å². The molecule has 1 heterocycles. The minimum absolute atomic E-state index is 0.146. The second kappa shape index (κ2) is 5.99. The Labute approximate surface area is 135 Å². The Hall–Kier alpha value is -1.03. The number of aryl methyl sites for hydroxylation is 1. The van der Waals surface area contributed by atoms with Gasteiger partial charge in [0.1, 0.15) is 0 Å². The maximum atomic E-state index is 6.32. The van der Waals surface area contributed by atoms with Crippen LogP contribution in [0.25, 0.3) is 0 Å². The van der Waals surface area contributed by atoms with Crippen molar-refractivity contribution in [3.8, 4) is 0 Å². The van der Waals surface area contributed by atoms with E-state index in [1.54, 1.807) is 0 Å². The first-order valence-electron chi connectivity index (χ1n) is 7.28. The predicted molar refractivity (Wildman–Crippen MR) is 86.9 cm³/mol. The van der Waals surface area contributed by atoms with Crippen molar-refractivity contribution < 1.29 is 0 Å². The second-order valence-electron chi connectivity index (χ2n) is 5.65. The number of hydrogen-bond donors (Lipinski definition) is 1. The maximum absolute atomic E-state index is 6.32. The van der Waals surface area contributed by atoms with Gasteiger partial charge in [0.15, 0.2) is 0 Å². The number of aromatic nitrogens is 2. The van der Waals surface area contributed by atoms with Crippen molar-refractivity contribution in [2.75, 3.05) is 0 Å². The highest BCUT2D eigenvalue weighted by atomic mass is 35.5. The molecule has 0 fully saturated rings. The first kappa shape index (κ1) is 14.9. The van der Waals surface area contributed by atoms with Gasteiger partial charge in [-0.3, -0.25) is 4.68 Å². The van der Waals surface area contributed by atoms with Crippen molar-refractivity contribution in [2.24, 2.45) is 7.05 Å². The highest BCUT2D eigenvalue weighted by Crippen LogP contribution is 2.34. The van der Waals surface area contributed by atoms with Crippen molar-refractivity contribution in [1.82, 2.24) is 15.1 Å². The molecule has 3 rings (SSSR count). The monoisotopic (exact) mass is 323 g/mol. The SMILES string of the molecule is CC(NC1CCCc2c1cnn2C)c1cccc(Cl)c1Cl. The molecule has 0 radical (unpaired) electrons. The molecule has 0 aliphatic heterocycles. The average Bonchev–Trinajstić information content (AvgIpc) is 2.85. The van der Waals surface area contributed by atoms with E-state index in [0.717, 1.165) is 18.4 Å². The molecule has 2 aromatic rings. The van der Waals surface area contributed by atoms with Crippen LogP contribution in [-0.4, -0.2) is 9.78 Å².